The molecule has 0 amide bonds. The summed E-state index contributed by atoms with van der Waals surface area (Å²) in [5.41, 5.74) is -3.42. The van der Waals surface area contributed by atoms with Gasteiger partial charge in [0, 0.05) is 16.9 Å². The molecular weight excluding hydrogens is 350 g/mol. The monoisotopic (exact) mass is 374 g/mol. The van der Waals surface area contributed by atoms with Gasteiger partial charge >= 0.3 is 12.4 Å². The number of allylic oxidation sites excluding steroid dienone is 2. The molecule has 1 aliphatic carbocycles. The highest BCUT2D eigenvalue weighted by molar-refractivity contribution is 5.95. The summed E-state index contributed by atoms with van der Waals surface area (Å²) in [6.45, 7) is 2.45. The zero-order chi connectivity index (χ0) is 19.5. The van der Waals surface area contributed by atoms with E-state index in [-0.39, 0.29) is 0 Å². The van der Waals surface area contributed by atoms with Gasteiger partial charge in [-0.15, -0.1) is 0 Å². The molecule has 146 valence electrons. The van der Waals surface area contributed by atoms with Crippen LogP contribution in [-0.2, 0) is 4.79 Å². The molecule has 1 rings (SSSR count). The number of carbonyl (C=O) groups is 1. The Morgan fingerprint density at radius 3 is 1.80 bits per heavy atom. The first kappa shape index (κ1) is 21.8. The van der Waals surface area contributed by atoms with Crippen LogP contribution in [0.15, 0.2) is 11.8 Å². The molecule has 0 aliphatic heterocycles. The van der Waals surface area contributed by atoms with Gasteiger partial charge in [0.25, 0.3) is 0 Å². The van der Waals surface area contributed by atoms with Crippen molar-refractivity contribution in [3.8, 4) is 0 Å². The van der Waals surface area contributed by atoms with E-state index in [0.717, 1.165) is 19.3 Å². The zero-order valence-electron chi connectivity index (χ0n) is 14.4. The van der Waals surface area contributed by atoms with Crippen LogP contribution in [0, 0.1) is 10.8 Å². The van der Waals surface area contributed by atoms with Gasteiger partial charge in [0.15, 0.2) is 5.78 Å². The molecule has 2 nitrogen and oxygen atoms in total. The predicted molar refractivity (Wildman–Crippen MR) is 81.0 cm³/mol. The van der Waals surface area contributed by atoms with E-state index in [1.807, 2.05) is 0 Å². The van der Waals surface area contributed by atoms with Crippen molar-refractivity contribution in [3.63, 3.8) is 0 Å². The Labute approximate surface area is 143 Å². The Morgan fingerprint density at radius 1 is 1.00 bits per heavy atom. The predicted octanol–water partition coefficient (Wildman–Crippen LogP) is 6.27. The van der Waals surface area contributed by atoms with Crippen LogP contribution in [-0.4, -0.2) is 23.2 Å². The van der Waals surface area contributed by atoms with Crippen molar-refractivity contribution in [3.05, 3.63) is 11.8 Å². The van der Waals surface area contributed by atoms with E-state index in [1.54, 1.807) is 6.92 Å². The first-order valence-corrected chi connectivity index (χ1v) is 8.32. The molecule has 0 aromatic heterocycles. The molecular formula is C17H24F6O2. The lowest BCUT2D eigenvalue weighted by atomic mass is 9.68. The molecule has 1 fully saturated rings. The van der Waals surface area contributed by atoms with Gasteiger partial charge in [0.2, 0.25) is 0 Å². The fraction of sp³-hybridized carbons (Fsp3) is 0.824. The van der Waals surface area contributed by atoms with Gasteiger partial charge in [-0.1, -0.05) is 33.1 Å². The summed E-state index contributed by atoms with van der Waals surface area (Å²) in [4.78, 5) is 12.5. The molecule has 0 aromatic rings. The Balaban J connectivity index is 3.15. The maximum Gasteiger partial charge on any atom is 0.390 e. The normalized spacial score (nSPS) is 19.8. The summed E-state index contributed by atoms with van der Waals surface area (Å²) in [6, 6.07) is 0. The highest BCUT2D eigenvalue weighted by Crippen LogP contribution is 2.47. The molecule has 1 saturated carbocycles. The number of alkyl halides is 6. The molecule has 1 aliphatic rings. The zero-order valence-corrected chi connectivity index (χ0v) is 14.4. The minimum absolute atomic E-state index is 0.435. The van der Waals surface area contributed by atoms with Gasteiger partial charge < -0.3 is 5.11 Å². The number of aliphatic hydroxyl groups excluding tert-OH is 1. The summed E-state index contributed by atoms with van der Waals surface area (Å²) < 4.78 is 76.4. The first-order valence-electron chi connectivity index (χ1n) is 8.32. The molecule has 8 heteroatoms. The van der Waals surface area contributed by atoms with E-state index in [4.69, 9.17) is 0 Å². The lowest BCUT2D eigenvalue weighted by Gasteiger charge is -2.35. The third kappa shape index (κ3) is 6.22. The highest BCUT2D eigenvalue weighted by Gasteiger charge is 2.49. The third-order valence-corrected chi connectivity index (χ3v) is 5.08. The van der Waals surface area contributed by atoms with Gasteiger partial charge in [-0.05, 0) is 19.3 Å². The van der Waals surface area contributed by atoms with E-state index in [2.05, 4.69) is 0 Å². The van der Waals surface area contributed by atoms with Crippen LogP contribution in [0.3, 0.4) is 0 Å². The Morgan fingerprint density at radius 2 is 1.44 bits per heavy atom. The Hall–Kier alpha value is -1.21. The Bertz CT molecular complexity index is 482. The number of hydrogen-bond acceptors (Lipinski definition) is 2. The van der Waals surface area contributed by atoms with E-state index in [0.29, 0.717) is 32.3 Å². The smallest absolute Gasteiger partial charge is 0.390 e. The number of aliphatic hydroxyl groups is 1. The number of carbonyl (C=O) groups excluding carboxylic acids is 1. The van der Waals surface area contributed by atoms with Gasteiger partial charge in [0.05, 0.1) is 12.8 Å². The molecule has 25 heavy (non-hydrogen) atoms. The minimum atomic E-state index is -4.90. The fourth-order valence-corrected chi connectivity index (χ4v) is 3.58. The Kier molecular flexibility index (Phi) is 6.62. The molecule has 0 radical (unpaired) electrons. The van der Waals surface area contributed by atoms with Crippen molar-refractivity contribution in [2.75, 3.05) is 0 Å². The average Bonchev–Trinajstić information content (AvgIpc) is 2.43. The average molecular weight is 374 g/mol. The molecule has 0 bridgehead atoms. The van der Waals surface area contributed by atoms with Crippen molar-refractivity contribution in [1.82, 2.24) is 0 Å². The van der Waals surface area contributed by atoms with Crippen molar-refractivity contribution in [2.45, 2.75) is 77.6 Å². The molecule has 0 aromatic carbocycles. The van der Waals surface area contributed by atoms with E-state index < -0.39 is 47.6 Å². The van der Waals surface area contributed by atoms with Crippen LogP contribution in [0.4, 0.5) is 26.3 Å². The van der Waals surface area contributed by atoms with E-state index in [9.17, 15) is 36.2 Å². The fourth-order valence-electron chi connectivity index (χ4n) is 3.58. The van der Waals surface area contributed by atoms with Crippen molar-refractivity contribution in [2.24, 2.45) is 10.8 Å². The molecule has 1 N–H and O–H groups in total. The second kappa shape index (κ2) is 7.58. The lowest BCUT2D eigenvalue weighted by Crippen LogP contribution is -2.35. The van der Waals surface area contributed by atoms with Crippen LogP contribution < -0.4 is 0 Å². The molecule has 0 spiro atoms. The van der Waals surface area contributed by atoms with Crippen LogP contribution >= 0.6 is 0 Å². The topological polar surface area (TPSA) is 37.3 Å². The largest absolute Gasteiger partial charge is 0.512 e. The van der Waals surface area contributed by atoms with Crippen molar-refractivity contribution in [1.29, 1.82) is 0 Å². The second-order valence-corrected chi connectivity index (χ2v) is 7.23. The van der Waals surface area contributed by atoms with Gasteiger partial charge in [0.1, 0.15) is 5.76 Å². The summed E-state index contributed by atoms with van der Waals surface area (Å²) in [5, 5.41) is 10.0. The highest BCUT2D eigenvalue weighted by atomic mass is 19.4. The quantitative estimate of drug-likeness (QED) is 0.338. The van der Waals surface area contributed by atoms with Gasteiger partial charge in [-0.3, -0.25) is 4.79 Å². The van der Waals surface area contributed by atoms with Crippen molar-refractivity contribution >= 4 is 5.78 Å². The summed E-state index contributed by atoms with van der Waals surface area (Å²) >= 11 is 0. The van der Waals surface area contributed by atoms with Crippen LogP contribution in [0.2, 0.25) is 0 Å². The summed E-state index contributed by atoms with van der Waals surface area (Å²) in [7, 11) is 0. The number of halogens is 6. The van der Waals surface area contributed by atoms with E-state index in [1.165, 1.54) is 0 Å². The SMILES string of the molecule is CCC1(C(=O)/C=C(\O)C(C)(CC(F)(F)F)CC(F)(F)F)CCCCC1. The third-order valence-electron chi connectivity index (χ3n) is 5.08. The van der Waals surface area contributed by atoms with Gasteiger partial charge in [-0.2, -0.15) is 26.3 Å². The molecule has 0 saturated heterocycles. The number of rotatable bonds is 6. The summed E-state index contributed by atoms with van der Waals surface area (Å²) in [6.07, 6.45) is -8.93. The van der Waals surface area contributed by atoms with Gasteiger partial charge in [-0.25, -0.2) is 0 Å². The standard InChI is InChI=1S/C17H24F6O2/c1-3-15(7-5-4-6-8-15)13(25)9-12(24)14(2,10-16(18,19)20)11-17(21,22)23/h9,24H,3-8,10-11H2,1-2H3/b12-9-. The van der Waals surface area contributed by atoms with Crippen LogP contribution in [0.5, 0.6) is 0 Å². The van der Waals surface area contributed by atoms with Crippen molar-refractivity contribution < 1.29 is 36.2 Å². The number of ketones is 1. The molecule has 0 heterocycles. The number of hydrogen-bond donors (Lipinski definition) is 1. The second-order valence-electron chi connectivity index (χ2n) is 7.23. The minimum Gasteiger partial charge on any atom is -0.512 e. The first-order chi connectivity index (χ1) is 11.2. The maximum absolute atomic E-state index is 12.7. The van der Waals surface area contributed by atoms with E-state index >= 15 is 0 Å². The summed E-state index contributed by atoms with van der Waals surface area (Å²) in [5.74, 6) is -1.73. The van der Waals surface area contributed by atoms with Crippen LogP contribution in [0.1, 0.15) is 65.2 Å². The molecule has 0 atom stereocenters. The lowest BCUT2D eigenvalue weighted by molar-refractivity contribution is -0.190. The van der Waals surface area contributed by atoms with Crippen LogP contribution in [0.25, 0.3) is 0 Å². The maximum atomic E-state index is 12.7. The molecule has 0 unspecified atom stereocenters.